The fourth-order valence-corrected chi connectivity index (χ4v) is 3.13. The van der Waals surface area contributed by atoms with Gasteiger partial charge in [0.15, 0.2) is 0 Å². The molecule has 1 fully saturated rings. The third-order valence-corrected chi connectivity index (χ3v) is 4.30. The number of halogens is 4. The van der Waals surface area contributed by atoms with Crippen molar-refractivity contribution >= 4 is 17.5 Å². The molecule has 6 heteroatoms. The zero-order valence-corrected chi connectivity index (χ0v) is 12.2. The van der Waals surface area contributed by atoms with Crippen LogP contribution in [-0.4, -0.2) is 17.8 Å². The van der Waals surface area contributed by atoms with Crippen LogP contribution < -0.4 is 5.32 Å². The first-order chi connectivity index (χ1) is 9.93. The Balaban J connectivity index is 2.17. The van der Waals surface area contributed by atoms with E-state index in [1.807, 2.05) is 0 Å². The molecule has 0 aromatic heterocycles. The molecule has 1 N–H and O–H groups in total. The van der Waals surface area contributed by atoms with Gasteiger partial charge in [0.25, 0.3) is 5.91 Å². The van der Waals surface area contributed by atoms with Gasteiger partial charge in [0, 0.05) is 11.9 Å². The van der Waals surface area contributed by atoms with Gasteiger partial charge in [-0.1, -0.05) is 25.0 Å². The fraction of sp³-hybridized carbons (Fsp3) is 0.533. The third-order valence-electron chi connectivity index (χ3n) is 3.90. The summed E-state index contributed by atoms with van der Waals surface area (Å²) in [5.74, 6) is -0.140. The first kappa shape index (κ1) is 16.1. The van der Waals surface area contributed by atoms with E-state index in [4.69, 9.17) is 11.6 Å². The minimum atomic E-state index is -4.54. The van der Waals surface area contributed by atoms with Crippen molar-refractivity contribution in [2.24, 2.45) is 5.92 Å². The summed E-state index contributed by atoms with van der Waals surface area (Å²) in [6.07, 6.45) is -0.874. The summed E-state index contributed by atoms with van der Waals surface area (Å²) in [5, 5.41) is 2.73. The molecule has 0 aliphatic heterocycles. The second-order valence-corrected chi connectivity index (χ2v) is 5.63. The van der Waals surface area contributed by atoms with Crippen LogP contribution in [0.3, 0.4) is 0 Å². The minimum absolute atomic E-state index is 0.127. The summed E-state index contributed by atoms with van der Waals surface area (Å²) >= 11 is 5.88. The number of carbonyl (C=O) groups excluding carboxylic acids is 1. The van der Waals surface area contributed by atoms with E-state index in [2.05, 4.69) is 5.32 Å². The van der Waals surface area contributed by atoms with E-state index < -0.39 is 17.6 Å². The van der Waals surface area contributed by atoms with Gasteiger partial charge < -0.3 is 5.32 Å². The Morgan fingerprint density at radius 2 is 1.90 bits per heavy atom. The Kier molecular flexibility index (Phi) is 5.14. The van der Waals surface area contributed by atoms with E-state index in [-0.39, 0.29) is 17.5 Å². The predicted octanol–water partition coefficient (Wildman–Crippen LogP) is 4.23. The maximum absolute atomic E-state index is 12.9. The maximum Gasteiger partial charge on any atom is 0.417 e. The van der Waals surface area contributed by atoms with Crippen LogP contribution in [0.15, 0.2) is 24.3 Å². The number of hydrogen-bond donors (Lipinski definition) is 1. The molecule has 0 spiro atoms. The van der Waals surface area contributed by atoms with E-state index >= 15 is 0 Å². The van der Waals surface area contributed by atoms with Gasteiger partial charge in [0.05, 0.1) is 11.1 Å². The molecule has 2 unspecified atom stereocenters. The van der Waals surface area contributed by atoms with Gasteiger partial charge in [0.1, 0.15) is 0 Å². The van der Waals surface area contributed by atoms with Crippen molar-refractivity contribution in [2.75, 3.05) is 5.88 Å². The van der Waals surface area contributed by atoms with Gasteiger partial charge in [-0.05, 0) is 30.9 Å². The maximum atomic E-state index is 12.9. The van der Waals surface area contributed by atoms with E-state index in [0.29, 0.717) is 5.88 Å². The number of benzene rings is 1. The van der Waals surface area contributed by atoms with Crippen LogP contribution in [-0.2, 0) is 6.18 Å². The molecule has 1 aliphatic rings. The smallest absolute Gasteiger partial charge is 0.349 e. The van der Waals surface area contributed by atoms with Crippen molar-refractivity contribution in [3.05, 3.63) is 35.4 Å². The Hall–Kier alpha value is -1.23. The van der Waals surface area contributed by atoms with Gasteiger partial charge >= 0.3 is 6.18 Å². The topological polar surface area (TPSA) is 29.1 Å². The summed E-state index contributed by atoms with van der Waals surface area (Å²) in [7, 11) is 0. The van der Waals surface area contributed by atoms with Crippen molar-refractivity contribution in [1.82, 2.24) is 5.32 Å². The number of amides is 1. The molecule has 0 saturated heterocycles. The molecular formula is C15H17ClF3NO. The van der Waals surface area contributed by atoms with Crippen LogP contribution in [0.4, 0.5) is 13.2 Å². The van der Waals surface area contributed by atoms with Crippen molar-refractivity contribution < 1.29 is 18.0 Å². The molecule has 1 aromatic rings. The van der Waals surface area contributed by atoms with Gasteiger partial charge in [-0.15, -0.1) is 11.6 Å². The lowest BCUT2D eigenvalue weighted by Gasteiger charge is -2.31. The zero-order chi connectivity index (χ0) is 15.5. The van der Waals surface area contributed by atoms with E-state index in [9.17, 15) is 18.0 Å². The quantitative estimate of drug-likeness (QED) is 0.830. The predicted molar refractivity (Wildman–Crippen MR) is 75.4 cm³/mol. The molecule has 1 saturated carbocycles. The highest BCUT2D eigenvalue weighted by atomic mass is 35.5. The van der Waals surface area contributed by atoms with Gasteiger partial charge in [-0.2, -0.15) is 13.2 Å². The normalized spacial score (nSPS) is 22.9. The molecule has 2 atom stereocenters. The Bertz CT molecular complexity index is 504. The molecule has 21 heavy (non-hydrogen) atoms. The van der Waals surface area contributed by atoms with Crippen molar-refractivity contribution in [1.29, 1.82) is 0 Å². The molecule has 2 rings (SSSR count). The van der Waals surface area contributed by atoms with Gasteiger partial charge in [-0.3, -0.25) is 4.79 Å². The standard InChI is InChI=1S/C15H17ClF3NO/c16-9-10-5-1-4-8-13(10)20-14(21)11-6-2-3-7-12(11)15(17,18)19/h2-3,6-7,10,13H,1,4-5,8-9H2,(H,20,21). The molecule has 1 amide bonds. The lowest BCUT2D eigenvalue weighted by Crippen LogP contribution is -2.43. The lowest BCUT2D eigenvalue weighted by atomic mass is 9.85. The summed E-state index contributed by atoms with van der Waals surface area (Å²) < 4.78 is 38.8. The number of rotatable bonds is 3. The number of alkyl halides is 4. The lowest BCUT2D eigenvalue weighted by molar-refractivity contribution is -0.137. The number of carbonyl (C=O) groups is 1. The number of hydrogen-bond acceptors (Lipinski definition) is 1. The van der Waals surface area contributed by atoms with Crippen LogP contribution in [0, 0.1) is 5.92 Å². The zero-order valence-electron chi connectivity index (χ0n) is 11.4. The van der Waals surface area contributed by atoms with Crippen LogP contribution in [0.25, 0.3) is 0 Å². The van der Waals surface area contributed by atoms with E-state index in [1.165, 1.54) is 18.2 Å². The van der Waals surface area contributed by atoms with Crippen LogP contribution in [0.1, 0.15) is 41.6 Å². The highest BCUT2D eigenvalue weighted by Crippen LogP contribution is 2.32. The Labute approximate surface area is 126 Å². The second kappa shape index (κ2) is 6.69. The Morgan fingerprint density at radius 3 is 2.57 bits per heavy atom. The SMILES string of the molecule is O=C(NC1CCCCC1CCl)c1ccccc1C(F)(F)F. The minimum Gasteiger partial charge on any atom is -0.349 e. The van der Waals surface area contributed by atoms with Crippen LogP contribution in [0.5, 0.6) is 0 Å². The summed E-state index contributed by atoms with van der Waals surface area (Å²) in [6, 6.07) is 4.70. The molecule has 1 aliphatic carbocycles. The first-order valence-corrected chi connectivity index (χ1v) is 7.50. The highest BCUT2D eigenvalue weighted by Gasteiger charge is 2.35. The first-order valence-electron chi connectivity index (χ1n) is 6.96. The Morgan fingerprint density at radius 1 is 1.24 bits per heavy atom. The molecular weight excluding hydrogens is 303 g/mol. The number of nitrogens with one attached hydrogen (secondary N) is 1. The molecule has 0 heterocycles. The van der Waals surface area contributed by atoms with Crippen LogP contribution in [0.2, 0.25) is 0 Å². The molecule has 0 radical (unpaired) electrons. The van der Waals surface area contributed by atoms with Gasteiger partial charge in [-0.25, -0.2) is 0 Å². The monoisotopic (exact) mass is 319 g/mol. The summed E-state index contributed by atoms with van der Waals surface area (Å²) in [4.78, 5) is 12.2. The second-order valence-electron chi connectivity index (χ2n) is 5.32. The van der Waals surface area contributed by atoms with Crippen molar-refractivity contribution in [3.8, 4) is 0 Å². The van der Waals surface area contributed by atoms with Crippen molar-refractivity contribution in [2.45, 2.75) is 37.9 Å². The molecule has 116 valence electrons. The van der Waals surface area contributed by atoms with E-state index in [1.54, 1.807) is 0 Å². The van der Waals surface area contributed by atoms with Gasteiger partial charge in [0.2, 0.25) is 0 Å². The largest absolute Gasteiger partial charge is 0.417 e. The van der Waals surface area contributed by atoms with Crippen LogP contribution >= 0.6 is 11.6 Å². The average molecular weight is 320 g/mol. The third kappa shape index (κ3) is 3.90. The average Bonchev–Trinajstić information content (AvgIpc) is 2.47. The van der Waals surface area contributed by atoms with E-state index in [0.717, 1.165) is 31.7 Å². The summed E-state index contributed by atoms with van der Waals surface area (Å²) in [6.45, 7) is 0. The molecule has 0 bridgehead atoms. The summed E-state index contributed by atoms with van der Waals surface area (Å²) in [5.41, 5.74) is -1.23. The molecule has 2 nitrogen and oxygen atoms in total. The fourth-order valence-electron chi connectivity index (χ4n) is 2.76. The highest BCUT2D eigenvalue weighted by molar-refractivity contribution is 6.18. The molecule has 1 aromatic carbocycles. The van der Waals surface area contributed by atoms with Crippen molar-refractivity contribution in [3.63, 3.8) is 0 Å².